The Labute approximate surface area is 31.7 Å². The van der Waals surface area contributed by atoms with Crippen LogP contribution in [0.4, 0.5) is 0 Å². The zero-order valence-electron chi connectivity index (χ0n) is 3.69. The molecule has 0 saturated heterocycles. The third kappa shape index (κ3) is 3.21. The highest BCUT2D eigenvalue weighted by Crippen LogP contribution is 1.48. The molecule has 0 heterocycles. The van der Waals surface area contributed by atoms with E-state index in [-0.39, 0.29) is 6.05 Å². The molecule has 0 aromatic carbocycles. The molecule has 0 atom stereocenters. The summed E-state index contributed by atoms with van der Waals surface area (Å²) in [5.74, 6) is -0.769. The largest absolute Gasteiger partial charge is 0.366 e. The number of rotatable bonds is 1. The second-order valence-electron chi connectivity index (χ2n) is 0.541. The number of hydrogen-bond donors (Lipinski definition) is 1. The van der Waals surface area contributed by atoms with Crippen LogP contribution >= 0.6 is 0 Å². The van der Waals surface area contributed by atoms with Crippen molar-refractivity contribution in [2.45, 2.75) is 0 Å². The number of nitrogens with two attached hydrogens (primary N) is 1. The Balaban J connectivity index is 3.57. The molecule has 1 amide bonds. The van der Waals surface area contributed by atoms with Crippen LogP contribution in [0.1, 0.15) is 1.37 Å². The van der Waals surface area contributed by atoms with Gasteiger partial charge in [-0.15, -0.1) is 0 Å². The van der Waals surface area contributed by atoms with Crippen molar-refractivity contribution in [1.82, 2.24) is 0 Å². The molecule has 0 saturated carbocycles. The van der Waals surface area contributed by atoms with Crippen LogP contribution in [0.3, 0.4) is 0 Å². The number of carbonyl (C=O) groups excluding carboxylic acids is 1. The van der Waals surface area contributed by atoms with Gasteiger partial charge in [0.1, 0.15) is 0 Å². The van der Waals surface area contributed by atoms with Crippen molar-refractivity contribution >= 4 is 5.91 Å². The SMILES string of the molecule is [2H]C(=C)C(N)=O. The summed E-state index contributed by atoms with van der Waals surface area (Å²) in [6.07, 6.45) is 0. The highest BCUT2D eigenvalue weighted by atomic mass is 16.1. The minimum absolute atomic E-state index is 0.352. The molecule has 5 heavy (non-hydrogen) atoms. The molecule has 28 valence electrons. The Morgan fingerprint density at radius 1 is 2.40 bits per heavy atom. The molecule has 2 heteroatoms. The Bertz CT molecular complexity index is 76.8. The van der Waals surface area contributed by atoms with E-state index in [0.717, 1.165) is 0 Å². The molecule has 0 unspecified atom stereocenters. The summed E-state index contributed by atoms with van der Waals surface area (Å²) in [4.78, 5) is 9.63. The summed E-state index contributed by atoms with van der Waals surface area (Å²) in [7, 11) is 0. The van der Waals surface area contributed by atoms with Gasteiger partial charge in [-0.1, -0.05) is 6.58 Å². The Kier molecular flexibility index (Phi) is 0.745. The van der Waals surface area contributed by atoms with E-state index in [1.807, 2.05) is 0 Å². The molecule has 0 bridgehead atoms. The third-order valence-corrected chi connectivity index (χ3v) is 0.174. The van der Waals surface area contributed by atoms with Crippen molar-refractivity contribution in [3.63, 3.8) is 0 Å². The first-order valence-electron chi connectivity index (χ1n) is 1.60. The molecule has 0 fully saturated rings. The highest BCUT2D eigenvalue weighted by molar-refractivity contribution is 5.84. The summed E-state index contributed by atoms with van der Waals surface area (Å²) in [5, 5.41) is 0. The quantitative estimate of drug-likeness (QED) is 0.423. The van der Waals surface area contributed by atoms with Gasteiger partial charge in [-0.25, -0.2) is 0 Å². The monoisotopic (exact) mass is 72.0 g/mol. The first kappa shape index (κ1) is 2.45. The van der Waals surface area contributed by atoms with Gasteiger partial charge >= 0.3 is 0 Å². The average Bonchev–Trinajstić information content (AvgIpc) is 1.36. The molecule has 0 radical (unpaired) electrons. The van der Waals surface area contributed by atoms with E-state index >= 15 is 0 Å². The number of primary amides is 1. The molecular weight excluding hydrogens is 66.0 g/mol. The summed E-state index contributed by atoms with van der Waals surface area (Å²) in [6.45, 7) is 2.95. The van der Waals surface area contributed by atoms with Gasteiger partial charge in [0.05, 0.1) is 1.37 Å². The molecule has 0 aromatic heterocycles. The van der Waals surface area contributed by atoms with Gasteiger partial charge < -0.3 is 5.73 Å². The maximum atomic E-state index is 9.63. The number of amides is 1. The van der Waals surface area contributed by atoms with E-state index in [0.29, 0.717) is 0 Å². The first-order valence-corrected chi connectivity index (χ1v) is 1.10. The molecule has 0 aliphatic rings. The van der Waals surface area contributed by atoms with E-state index in [4.69, 9.17) is 1.37 Å². The van der Waals surface area contributed by atoms with Crippen LogP contribution in [-0.4, -0.2) is 5.91 Å². The average molecular weight is 72.1 g/mol. The third-order valence-electron chi connectivity index (χ3n) is 0.174. The molecule has 2 N–H and O–H groups in total. The van der Waals surface area contributed by atoms with Gasteiger partial charge in [0.15, 0.2) is 0 Å². The fourth-order valence-corrected chi connectivity index (χ4v) is 0. The number of carbonyl (C=O) groups is 1. The van der Waals surface area contributed by atoms with Crippen molar-refractivity contribution in [2.75, 3.05) is 0 Å². The predicted molar refractivity (Wildman–Crippen MR) is 19.4 cm³/mol. The summed E-state index contributed by atoms with van der Waals surface area (Å²) in [5.41, 5.74) is 4.51. The smallest absolute Gasteiger partial charge is 0.240 e. The maximum Gasteiger partial charge on any atom is 0.240 e. The van der Waals surface area contributed by atoms with Gasteiger partial charge in [-0.05, 0) is 6.05 Å². The molecule has 0 aliphatic heterocycles. The fourth-order valence-electron chi connectivity index (χ4n) is 0. The predicted octanol–water partition coefficient (Wildman–Crippen LogP) is -0.342. The second-order valence-corrected chi connectivity index (χ2v) is 0.541. The van der Waals surface area contributed by atoms with E-state index in [2.05, 4.69) is 12.3 Å². The van der Waals surface area contributed by atoms with Gasteiger partial charge in [0.2, 0.25) is 5.91 Å². The van der Waals surface area contributed by atoms with Crippen molar-refractivity contribution in [2.24, 2.45) is 5.73 Å². The lowest BCUT2D eigenvalue weighted by Crippen LogP contribution is -2.04. The standard InChI is InChI=1S/C3H5NO/c1-2-3(4)5/h2H,1H2,(H2,4,5)/i2D. The van der Waals surface area contributed by atoms with E-state index in [1.54, 1.807) is 0 Å². The normalized spacial score (nSPS) is 9.20. The van der Waals surface area contributed by atoms with Crippen LogP contribution in [0, 0.1) is 0 Å². The molecule has 0 rings (SSSR count). The van der Waals surface area contributed by atoms with Crippen molar-refractivity contribution in [3.05, 3.63) is 12.6 Å². The van der Waals surface area contributed by atoms with Crippen LogP contribution in [-0.2, 0) is 4.79 Å². The minimum atomic E-state index is -0.769. The molecular formula is C3H5NO. The lowest BCUT2D eigenvalue weighted by molar-refractivity contribution is -0.113. The molecule has 0 aliphatic carbocycles. The van der Waals surface area contributed by atoms with Gasteiger partial charge in [0.25, 0.3) is 0 Å². The van der Waals surface area contributed by atoms with Crippen LogP contribution in [0.5, 0.6) is 0 Å². The number of hydrogen-bond acceptors (Lipinski definition) is 1. The Hall–Kier alpha value is -0.790. The van der Waals surface area contributed by atoms with Crippen molar-refractivity contribution in [1.29, 1.82) is 0 Å². The van der Waals surface area contributed by atoms with Crippen molar-refractivity contribution in [3.8, 4) is 0 Å². The molecule has 0 spiro atoms. The van der Waals surface area contributed by atoms with Crippen LogP contribution in [0.2, 0.25) is 0 Å². The van der Waals surface area contributed by atoms with Gasteiger partial charge in [0, 0.05) is 0 Å². The van der Waals surface area contributed by atoms with Crippen LogP contribution in [0.25, 0.3) is 0 Å². The van der Waals surface area contributed by atoms with E-state index in [1.165, 1.54) is 0 Å². The Morgan fingerprint density at radius 3 is 2.60 bits per heavy atom. The fraction of sp³-hybridized carbons (Fsp3) is 0. The summed E-state index contributed by atoms with van der Waals surface area (Å²) in [6, 6.07) is -0.352. The van der Waals surface area contributed by atoms with Crippen LogP contribution < -0.4 is 5.73 Å². The highest BCUT2D eigenvalue weighted by Gasteiger charge is 1.69. The van der Waals surface area contributed by atoms with E-state index in [9.17, 15) is 4.79 Å². The second kappa shape index (κ2) is 1.52. The zero-order chi connectivity index (χ0) is 5.15. The van der Waals surface area contributed by atoms with E-state index < -0.39 is 5.91 Å². The minimum Gasteiger partial charge on any atom is -0.366 e. The lowest BCUT2D eigenvalue weighted by Gasteiger charge is -1.65. The summed E-state index contributed by atoms with van der Waals surface area (Å²) >= 11 is 0. The maximum absolute atomic E-state index is 9.63. The van der Waals surface area contributed by atoms with Gasteiger partial charge in [-0.2, -0.15) is 0 Å². The Morgan fingerprint density at radius 2 is 2.60 bits per heavy atom. The first-order chi connectivity index (χ1) is 2.64. The summed E-state index contributed by atoms with van der Waals surface area (Å²) < 4.78 is 6.36. The van der Waals surface area contributed by atoms with Gasteiger partial charge in [-0.3, -0.25) is 4.79 Å². The van der Waals surface area contributed by atoms with Crippen LogP contribution in [0.15, 0.2) is 12.6 Å². The molecule has 2 nitrogen and oxygen atoms in total. The lowest BCUT2D eigenvalue weighted by atomic mass is 10.6. The van der Waals surface area contributed by atoms with Crippen molar-refractivity contribution < 1.29 is 6.17 Å². The topological polar surface area (TPSA) is 43.1 Å². The zero-order valence-corrected chi connectivity index (χ0v) is 2.69. The molecule has 0 aromatic rings.